The number of rotatable bonds is 11. The van der Waals surface area contributed by atoms with Crippen LogP contribution in [0.25, 0.3) is 0 Å². The van der Waals surface area contributed by atoms with Crippen LogP contribution in [0.5, 0.6) is 0 Å². The van der Waals surface area contributed by atoms with Gasteiger partial charge in [0.1, 0.15) is 12.0 Å². The highest BCUT2D eigenvalue weighted by molar-refractivity contribution is 5.88. The summed E-state index contributed by atoms with van der Waals surface area (Å²) in [6, 6.07) is -0.913. The molecule has 0 fully saturated rings. The van der Waals surface area contributed by atoms with E-state index in [1.165, 1.54) is 13.2 Å². The van der Waals surface area contributed by atoms with Crippen LogP contribution in [0.15, 0.2) is 6.08 Å². The van der Waals surface area contributed by atoms with Gasteiger partial charge < -0.3 is 15.0 Å². The van der Waals surface area contributed by atoms with Crippen LogP contribution in [0.4, 0.5) is 4.79 Å². The molecular formula is C16H28N2O4. The van der Waals surface area contributed by atoms with Crippen LogP contribution in [0.1, 0.15) is 46.5 Å². The maximum absolute atomic E-state index is 12.4. The first-order valence-electron chi connectivity index (χ1n) is 7.82. The molecule has 2 amide bonds. The fraction of sp³-hybridized carbons (Fsp3) is 0.750. The van der Waals surface area contributed by atoms with Crippen molar-refractivity contribution in [1.82, 2.24) is 10.2 Å². The van der Waals surface area contributed by atoms with Crippen LogP contribution in [-0.4, -0.2) is 55.0 Å². The van der Waals surface area contributed by atoms with Gasteiger partial charge in [-0.05, 0) is 32.3 Å². The third-order valence-electron chi connectivity index (χ3n) is 3.46. The first-order valence-corrected chi connectivity index (χ1v) is 7.82. The number of ketones is 1. The maximum atomic E-state index is 12.4. The number of unbranched alkanes of at least 4 members (excludes halogenated alkanes) is 1. The zero-order chi connectivity index (χ0) is 17.0. The van der Waals surface area contributed by atoms with Gasteiger partial charge in [-0.3, -0.25) is 4.79 Å². The number of Topliss-reactive ketones (excluding diaryl/α,β-unsaturated/α-hetero) is 1. The minimum Gasteiger partial charge on any atom is -0.379 e. The van der Waals surface area contributed by atoms with Crippen molar-refractivity contribution in [1.29, 1.82) is 0 Å². The van der Waals surface area contributed by atoms with Gasteiger partial charge in [0, 0.05) is 26.6 Å². The SMILES string of the molecule is CCCN(CCCC=C=O)C(=O)N[C@H](C(=O)CC)[C@@H](C)OC. The van der Waals surface area contributed by atoms with Gasteiger partial charge in [0.05, 0.1) is 6.10 Å². The minimum absolute atomic E-state index is 0.0527. The van der Waals surface area contributed by atoms with Gasteiger partial charge in [0.15, 0.2) is 5.78 Å². The topological polar surface area (TPSA) is 75.7 Å². The first kappa shape index (κ1) is 20.3. The molecule has 6 heteroatoms. The summed E-state index contributed by atoms with van der Waals surface area (Å²) in [6.45, 7) is 6.65. The lowest BCUT2D eigenvalue weighted by molar-refractivity contribution is -0.123. The lowest BCUT2D eigenvalue weighted by Crippen LogP contribution is -2.53. The second-order valence-electron chi connectivity index (χ2n) is 5.14. The standard InChI is InChI=1S/C16H28N2O4/c1-5-10-18(11-8-7-9-12-19)16(21)17-15(13(3)22-4)14(20)6-2/h9,13,15H,5-8,10-11H2,1-4H3,(H,17,21)/t13-,15+/m1/s1. The summed E-state index contributed by atoms with van der Waals surface area (Å²) in [5.41, 5.74) is 0. The Morgan fingerprint density at radius 3 is 2.50 bits per heavy atom. The number of amides is 2. The molecule has 0 aliphatic heterocycles. The fourth-order valence-electron chi connectivity index (χ4n) is 2.07. The Hall–Kier alpha value is -1.65. The van der Waals surface area contributed by atoms with E-state index in [2.05, 4.69) is 5.32 Å². The van der Waals surface area contributed by atoms with Crippen LogP contribution in [-0.2, 0) is 14.3 Å². The van der Waals surface area contributed by atoms with Gasteiger partial charge in [-0.1, -0.05) is 13.8 Å². The largest absolute Gasteiger partial charge is 0.379 e. The number of hydrogen-bond donors (Lipinski definition) is 1. The smallest absolute Gasteiger partial charge is 0.318 e. The van der Waals surface area contributed by atoms with Crippen LogP contribution in [0.3, 0.4) is 0 Å². The van der Waals surface area contributed by atoms with Crippen molar-refractivity contribution in [2.75, 3.05) is 20.2 Å². The highest BCUT2D eigenvalue weighted by Crippen LogP contribution is 2.05. The molecule has 0 rings (SSSR count). The monoisotopic (exact) mass is 312 g/mol. The number of ether oxygens (including phenoxy) is 1. The van der Waals surface area contributed by atoms with E-state index in [0.717, 1.165) is 6.42 Å². The Kier molecular flexibility index (Phi) is 11.1. The van der Waals surface area contributed by atoms with E-state index in [1.807, 2.05) is 6.92 Å². The summed E-state index contributed by atoms with van der Waals surface area (Å²) in [4.78, 5) is 36.1. The van der Waals surface area contributed by atoms with Gasteiger partial charge in [0.2, 0.25) is 0 Å². The summed E-state index contributed by atoms with van der Waals surface area (Å²) in [6.07, 6.45) is 3.48. The molecule has 22 heavy (non-hydrogen) atoms. The molecule has 0 heterocycles. The number of urea groups is 1. The van der Waals surface area contributed by atoms with E-state index in [0.29, 0.717) is 32.4 Å². The Bertz CT molecular complexity index is 392. The van der Waals surface area contributed by atoms with Crippen molar-refractivity contribution in [2.24, 2.45) is 0 Å². The Labute approximate surface area is 132 Å². The molecule has 0 spiro atoms. The van der Waals surface area contributed by atoms with Crippen LogP contribution >= 0.6 is 0 Å². The van der Waals surface area contributed by atoms with Gasteiger partial charge in [-0.25, -0.2) is 9.59 Å². The molecule has 0 saturated carbocycles. The van der Waals surface area contributed by atoms with Crippen LogP contribution in [0, 0.1) is 0 Å². The Morgan fingerprint density at radius 1 is 1.32 bits per heavy atom. The molecule has 1 N–H and O–H groups in total. The average molecular weight is 312 g/mol. The lowest BCUT2D eigenvalue weighted by atomic mass is 10.1. The Balaban J connectivity index is 4.73. The van der Waals surface area contributed by atoms with Crippen molar-refractivity contribution in [2.45, 2.75) is 58.6 Å². The van der Waals surface area contributed by atoms with Gasteiger partial charge in [-0.2, -0.15) is 0 Å². The summed E-state index contributed by atoms with van der Waals surface area (Å²) in [7, 11) is 1.52. The summed E-state index contributed by atoms with van der Waals surface area (Å²) >= 11 is 0. The zero-order valence-corrected chi connectivity index (χ0v) is 14.1. The third-order valence-corrected chi connectivity index (χ3v) is 3.46. The third kappa shape index (κ3) is 7.38. The van der Waals surface area contributed by atoms with Crippen molar-refractivity contribution in [3.63, 3.8) is 0 Å². The van der Waals surface area contributed by atoms with E-state index < -0.39 is 6.04 Å². The van der Waals surface area contributed by atoms with Crippen molar-refractivity contribution < 1.29 is 19.1 Å². The number of hydrogen-bond acceptors (Lipinski definition) is 4. The van der Waals surface area contributed by atoms with Gasteiger partial charge in [0.25, 0.3) is 0 Å². The maximum Gasteiger partial charge on any atom is 0.318 e. The fourth-order valence-corrected chi connectivity index (χ4v) is 2.07. The van der Waals surface area contributed by atoms with Crippen molar-refractivity contribution in [3.8, 4) is 0 Å². The molecule has 0 aliphatic carbocycles. The number of nitrogens with zero attached hydrogens (tertiary/aromatic N) is 1. The molecule has 0 aromatic carbocycles. The van der Waals surface area contributed by atoms with Gasteiger partial charge >= 0.3 is 6.03 Å². The van der Waals surface area contributed by atoms with Crippen molar-refractivity contribution in [3.05, 3.63) is 6.08 Å². The number of carbonyl (C=O) groups excluding carboxylic acids is 3. The normalized spacial score (nSPS) is 12.9. The molecule has 0 radical (unpaired) electrons. The Morgan fingerprint density at radius 2 is 2.00 bits per heavy atom. The highest BCUT2D eigenvalue weighted by atomic mass is 16.5. The predicted octanol–water partition coefficient (Wildman–Crippen LogP) is 1.96. The minimum atomic E-state index is -0.642. The lowest BCUT2D eigenvalue weighted by Gasteiger charge is -2.28. The number of methoxy groups -OCH3 is 1. The zero-order valence-electron chi connectivity index (χ0n) is 14.1. The molecular weight excluding hydrogens is 284 g/mol. The number of nitrogens with one attached hydrogen (secondary N) is 1. The second-order valence-corrected chi connectivity index (χ2v) is 5.14. The summed E-state index contributed by atoms with van der Waals surface area (Å²) in [5, 5.41) is 2.77. The van der Waals surface area contributed by atoms with E-state index in [4.69, 9.17) is 4.74 Å². The average Bonchev–Trinajstić information content (AvgIpc) is 2.53. The molecule has 0 bridgehead atoms. The second kappa shape index (κ2) is 12.0. The van der Waals surface area contributed by atoms with Crippen LogP contribution in [0.2, 0.25) is 0 Å². The first-order chi connectivity index (χ1) is 10.5. The van der Waals surface area contributed by atoms with E-state index >= 15 is 0 Å². The number of allylic oxidation sites excluding steroid dienone is 1. The van der Waals surface area contributed by atoms with E-state index in [9.17, 15) is 14.4 Å². The van der Waals surface area contributed by atoms with E-state index in [1.54, 1.807) is 24.7 Å². The highest BCUT2D eigenvalue weighted by Gasteiger charge is 2.27. The molecule has 0 aromatic rings. The summed E-state index contributed by atoms with van der Waals surface area (Å²) in [5.74, 6) is 1.67. The summed E-state index contributed by atoms with van der Waals surface area (Å²) < 4.78 is 5.19. The molecule has 0 saturated heterocycles. The molecule has 6 nitrogen and oxygen atoms in total. The predicted molar refractivity (Wildman–Crippen MR) is 85.5 cm³/mol. The molecule has 0 aromatic heterocycles. The van der Waals surface area contributed by atoms with Crippen molar-refractivity contribution >= 4 is 17.8 Å². The number of carbonyl (C=O) groups is 2. The van der Waals surface area contributed by atoms with E-state index in [-0.39, 0.29) is 17.9 Å². The van der Waals surface area contributed by atoms with Crippen LogP contribution < -0.4 is 5.32 Å². The molecule has 2 atom stereocenters. The quantitative estimate of drug-likeness (QED) is 0.467. The molecule has 0 unspecified atom stereocenters. The van der Waals surface area contributed by atoms with Gasteiger partial charge in [-0.15, -0.1) is 0 Å². The molecule has 126 valence electrons. The molecule has 0 aliphatic rings.